The number of hydrogen-bond acceptors (Lipinski definition) is 4. The van der Waals surface area contributed by atoms with Crippen LogP contribution in [0.5, 0.6) is 0 Å². The summed E-state index contributed by atoms with van der Waals surface area (Å²) in [5.41, 5.74) is 0.420. The van der Waals surface area contributed by atoms with Crippen LogP contribution in [0.3, 0.4) is 0 Å². The molecule has 0 fully saturated rings. The van der Waals surface area contributed by atoms with Crippen LogP contribution < -0.4 is 16.0 Å². The Morgan fingerprint density at radius 2 is 1.80 bits per heavy atom. The van der Waals surface area contributed by atoms with Crippen molar-refractivity contribution in [3.8, 4) is 0 Å². The van der Waals surface area contributed by atoms with Gasteiger partial charge in [-0.1, -0.05) is 0 Å². The second-order valence-corrected chi connectivity index (χ2v) is 4.20. The first-order valence-corrected chi connectivity index (χ1v) is 6.25. The van der Waals surface area contributed by atoms with Crippen molar-refractivity contribution in [1.82, 2.24) is 15.6 Å². The van der Waals surface area contributed by atoms with Crippen LogP contribution >= 0.6 is 0 Å². The first-order valence-electron chi connectivity index (χ1n) is 6.25. The van der Waals surface area contributed by atoms with Gasteiger partial charge in [0.15, 0.2) is 0 Å². The zero-order chi connectivity index (χ0) is 15.0. The molecule has 0 aliphatic rings. The molecule has 20 heavy (non-hydrogen) atoms. The molecular weight excluding hydrogens is 260 g/mol. The quantitative estimate of drug-likeness (QED) is 0.651. The summed E-state index contributed by atoms with van der Waals surface area (Å²) in [6.45, 7) is 3.79. The Labute approximate surface area is 117 Å². The SMILES string of the molecule is CC(=O)NCCCNC(=O)c1ccnc(NC(C)=O)c1. The Bertz CT molecular complexity index is 502. The molecule has 1 aromatic rings. The van der Waals surface area contributed by atoms with Gasteiger partial charge < -0.3 is 16.0 Å². The Morgan fingerprint density at radius 1 is 1.10 bits per heavy atom. The summed E-state index contributed by atoms with van der Waals surface area (Å²) in [5.74, 6) is -0.249. The lowest BCUT2D eigenvalue weighted by molar-refractivity contribution is -0.119. The second-order valence-electron chi connectivity index (χ2n) is 4.20. The molecule has 0 bridgehead atoms. The largest absolute Gasteiger partial charge is 0.356 e. The smallest absolute Gasteiger partial charge is 0.251 e. The Morgan fingerprint density at radius 3 is 2.45 bits per heavy atom. The van der Waals surface area contributed by atoms with E-state index in [1.54, 1.807) is 6.07 Å². The zero-order valence-electron chi connectivity index (χ0n) is 11.5. The summed E-state index contributed by atoms with van der Waals surface area (Å²) in [6.07, 6.45) is 2.10. The van der Waals surface area contributed by atoms with Crippen LogP contribution in [0.25, 0.3) is 0 Å². The van der Waals surface area contributed by atoms with Gasteiger partial charge in [-0.2, -0.15) is 0 Å². The lowest BCUT2D eigenvalue weighted by Gasteiger charge is -2.07. The average Bonchev–Trinajstić information content (AvgIpc) is 2.37. The molecule has 7 heteroatoms. The van der Waals surface area contributed by atoms with E-state index in [9.17, 15) is 14.4 Å². The predicted octanol–water partition coefficient (Wildman–Crippen LogP) is 0.296. The van der Waals surface area contributed by atoms with Crippen LogP contribution in [-0.4, -0.2) is 35.8 Å². The monoisotopic (exact) mass is 278 g/mol. The summed E-state index contributed by atoms with van der Waals surface area (Å²) >= 11 is 0. The van der Waals surface area contributed by atoms with E-state index in [-0.39, 0.29) is 17.7 Å². The van der Waals surface area contributed by atoms with Crippen molar-refractivity contribution < 1.29 is 14.4 Å². The summed E-state index contributed by atoms with van der Waals surface area (Å²) < 4.78 is 0. The van der Waals surface area contributed by atoms with Crippen molar-refractivity contribution in [2.75, 3.05) is 18.4 Å². The number of carbonyl (C=O) groups excluding carboxylic acids is 3. The molecule has 0 unspecified atom stereocenters. The number of amides is 3. The highest BCUT2D eigenvalue weighted by Gasteiger charge is 2.06. The zero-order valence-corrected chi connectivity index (χ0v) is 11.5. The van der Waals surface area contributed by atoms with Crippen molar-refractivity contribution in [3.63, 3.8) is 0 Å². The van der Waals surface area contributed by atoms with Crippen LogP contribution in [0.4, 0.5) is 5.82 Å². The van der Waals surface area contributed by atoms with E-state index in [0.717, 1.165) is 0 Å². The maximum atomic E-state index is 11.8. The molecule has 7 nitrogen and oxygen atoms in total. The molecule has 0 atom stereocenters. The molecule has 3 N–H and O–H groups in total. The van der Waals surface area contributed by atoms with E-state index in [4.69, 9.17) is 0 Å². The predicted molar refractivity (Wildman–Crippen MR) is 74.2 cm³/mol. The maximum absolute atomic E-state index is 11.8. The second kappa shape index (κ2) is 7.88. The van der Waals surface area contributed by atoms with Gasteiger partial charge in [-0.05, 0) is 18.6 Å². The Hall–Kier alpha value is -2.44. The molecule has 1 heterocycles. The number of carbonyl (C=O) groups is 3. The molecule has 0 aliphatic heterocycles. The van der Waals surface area contributed by atoms with Crippen LogP contribution in [0, 0.1) is 0 Å². The highest BCUT2D eigenvalue weighted by molar-refractivity contribution is 5.96. The maximum Gasteiger partial charge on any atom is 0.251 e. The van der Waals surface area contributed by atoms with Gasteiger partial charge in [0.1, 0.15) is 5.82 Å². The normalized spacial score (nSPS) is 9.70. The van der Waals surface area contributed by atoms with Gasteiger partial charge in [0, 0.05) is 38.7 Å². The van der Waals surface area contributed by atoms with Crippen molar-refractivity contribution in [2.45, 2.75) is 20.3 Å². The van der Waals surface area contributed by atoms with E-state index in [1.165, 1.54) is 26.1 Å². The van der Waals surface area contributed by atoms with E-state index >= 15 is 0 Å². The van der Waals surface area contributed by atoms with Gasteiger partial charge >= 0.3 is 0 Å². The minimum absolute atomic E-state index is 0.0922. The summed E-state index contributed by atoms with van der Waals surface area (Å²) in [6, 6.07) is 3.07. The molecular formula is C13H18N4O3. The minimum atomic E-state index is -0.248. The number of nitrogens with zero attached hydrogens (tertiary/aromatic N) is 1. The topological polar surface area (TPSA) is 100 Å². The van der Waals surface area contributed by atoms with Gasteiger partial charge in [0.2, 0.25) is 11.8 Å². The number of hydrogen-bond donors (Lipinski definition) is 3. The Balaban J connectivity index is 2.43. The molecule has 0 radical (unpaired) electrons. The van der Waals surface area contributed by atoms with Crippen molar-refractivity contribution in [3.05, 3.63) is 23.9 Å². The molecule has 0 saturated carbocycles. The summed E-state index contributed by atoms with van der Waals surface area (Å²) in [7, 11) is 0. The van der Waals surface area contributed by atoms with E-state index in [0.29, 0.717) is 30.9 Å². The van der Waals surface area contributed by atoms with E-state index in [2.05, 4.69) is 20.9 Å². The van der Waals surface area contributed by atoms with Gasteiger partial charge in [-0.3, -0.25) is 14.4 Å². The van der Waals surface area contributed by atoms with Gasteiger partial charge in [0.25, 0.3) is 5.91 Å². The molecule has 108 valence electrons. The summed E-state index contributed by atoms with van der Waals surface area (Å²) in [4.78, 5) is 37.3. The lowest BCUT2D eigenvalue weighted by atomic mass is 10.2. The molecule has 1 rings (SSSR count). The fourth-order valence-corrected chi connectivity index (χ4v) is 1.48. The van der Waals surface area contributed by atoms with Gasteiger partial charge in [-0.15, -0.1) is 0 Å². The van der Waals surface area contributed by atoms with Crippen molar-refractivity contribution in [2.24, 2.45) is 0 Å². The third-order valence-corrected chi connectivity index (χ3v) is 2.34. The lowest BCUT2D eigenvalue weighted by Crippen LogP contribution is -2.28. The average molecular weight is 278 g/mol. The molecule has 1 aromatic heterocycles. The van der Waals surface area contributed by atoms with Crippen molar-refractivity contribution in [1.29, 1.82) is 0 Å². The van der Waals surface area contributed by atoms with Gasteiger partial charge in [-0.25, -0.2) is 4.98 Å². The van der Waals surface area contributed by atoms with Gasteiger partial charge in [0.05, 0.1) is 0 Å². The van der Waals surface area contributed by atoms with Crippen LogP contribution in [-0.2, 0) is 9.59 Å². The molecule has 0 aromatic carbocycles. The highest BCUT2D eigenvalue weighted by atomic mass is 16.2. The number of anilines is 1. The van der Waals surface area contributed by atoms with Crippen LogP contribution in [0.2, 0.25) is 0 Å². The third-order valence-electron chi connectivity index (χ3n) is 2.34. The van der Waals surface area contributed by atoms with Crippen molar-refractivity contribution >= 4 is 23.5 Å². The third kappa shape index (κ3) is 5.94. The Kier molecular flexibility index (Phi) is 6.15. The standard InChI is InChI=1S/C13H18N4O3/c1-9(18)14-5-3-6-16-13(20)11-4-7-15-12(8-11)17-10(2)19/h4,7-8H,3,5-6H2,1-2H3,(H,14,18)(H,16,20)(H,15,17,19). The first kappa shape index (κ1) is 15.6. The number of pyridine rings is 1. The van der Waals surface area contributed by atoms with E-state index < -0.39 is 0 Å². The van der Waals surface area contributed by atoms with E-state index in [1.807, 2.05) is 0 Å². The fourth-order valence-electron chi connectivity index (χ4n) is 1.48. The highest BCUT2D eigenvalue weighted by Crippen LogP contribution is 2.06. The van der Waals surface area contributed by atoms with Crippen LogP contribution in [0.15, 0.2) is 18.3 Å². The number of nitrogens with one attached hydrogen (secondary N) is 3. The molecule has 3 amide bonds. The fraction of sp³-hybridized carbons (Fsp3) is 0.385. The molecule has 0 aliphatic carbocycles. The number of aromatic nitrogens is 1. The number of rotatable bonds is 6. The molecule has 0 spiro atoms. The van der Waals surface area contributed by atoms with Crippen LogP contribution in [0.1, 0.15) is 30.6 Å². The first-order chi connectivity index (χ1) is 9.49. The summed E-state index contributed by atoms with van der Waals surface area (Å²) in [5, 5.41) is 7.88. The molecule has 0 saturated heterocycles. The minimum Gasteiger partial charge on any atom is -0.356 e.